The van der Waals surface area contributed by atoms with Gasteiger partial charge in [0.05, 0.1) is 11.0 Å². The lowest BCUT2D eigenvalue weighted by Gasteiger charge is -2.68. The van der Waals surface area contributed by atoms with E-state index in [0.717, 1.165) is 37.7 Å². The number of nitriles is 1. The third-order valence-electron chi connectivity index (χ3n) is 12.4. The van der Waals surface area contributed by atoms with E-state index in [-0.39, 0.29) is 68.8 Å². The molecule has 0 aliphatic heterocycles. The summed E-state index contributed by atoms with van der Waals surface area (Å²) in [4.78, 5) is 41.2. The Balaban J connectivity index is 1.66. The van der Waals surface area contributed by atoms with Crippen LogP contribution in [0.1, 0.15) is 93.4 Å². The van der Waals surface area contributed by atoms with Crippen LogP contribution in [0, 0.1) is 62.1 Å². The second-order valence-electron chi connectivity index (χ2n) is 14.7. The predicted octanol–water partition coefficient (Wildman–Crippen LogP) is 5.74. The van der Waals surface area contributed by atoms with Gasteiger partial charge in [0.2, 0.25) is 5.91 Å². The highest BCUT2D eigenvalue weighted by Crippen LogP contribution is 2.73. The lowest BCUT2D eigenvalue weighted by Crippen LogP contribution is -2.66. The molecule has 3 saturated carbocycles. The second kappa shape index (κ2) is 8.62. The highest BCUT2D eigenvalue weighted by molar-refractivity contribution is 6.03. The van der Waals surface area contributed by atoms with Gasteiger partial charge in [-0.3, -0.25) is 14.4 Å². The Kier molecular flexibility index (Phi) is 6.15. The van der Waals surface area contributed by atoms with Crippen molar-refractivity contribution >= 4 is 23.3 Å². The Hall–Kier alpha value is -2.75. The van der Waals surface area contributed by atoms with Gasteiger partial charge in [0.25, 0.3) is 0 Å². The van der Waals surface area contributed by atoms with Crippen molar-refractivity contribution in [3.63, 3.8) is 0 Å². The summed E-state index contributed by atoms with van der Waals surface area (Å²) < 4.78 is 0. The van der Waals surface area contributed by atoms with Gasteiger partial charge < -0.3 is 10.5 Å². The average molecular weight is 534 g/mol. The number of allylic oxidation sites excluding steroid dienone is 4. The molecule has 2 unspecified atom stereocenters. The standard InChI is InChI=1S/C32H43N3O4/c1-18-21-8-9-30(6)24(29(21,5)15-20(17-33)26(18)37)14-23(36)25-22-16-28(3,4)10-12-32(22,13-11-31(25,30)7)27(38)34-19(2)35-39/h14-15,18,21-22,25,39H,8-13,16H2,1-7H3,(H,34,35,38)/t18?,21-,22+,25?,29-,30+,31+,32-/m0/s1. The van der Waals surface area contributed by atoms with Gasteiger partial charge in [-0.2, -0.15) is 5.26 Å². The molecule has 5 aliphatic carbocycles. The van der Waals surface area contributed by atoms with E-state index < -0.39 is 10.8 Å². The molecule has 39 heavy (non-hydrogen) atoms. The minimum atomic E-state index is -0.691. The normalized spacial score (nSPS) is 44.9. The van der Waals surface area contributed by atoms with Crippen LogP contribution in [0.4, 0.5) is 0 Å². The van der Waals surface area contributed by atoms with E-state index in [4.69, 9.17) is 0 Å². The molecule has 0 saturated heterocycles. The number of amidine groups is 1. The first-order valence-electron chi connectivity index (χ1n) is 14.5. The van der Waals surface area contributed by atoms with Gasteiger partial charge in [-0.25, -0.2) is 0 Å². The molecule has 210 valence electrons. The number of carbonyl (C=O) groups is 3. The average Bonchev–Trinajstić information content (AvgIpc) is 2.87. The number of rotatable bonds is 1. The van der Waals surface area contributed by atoms with Gasteiger partial charge in [-0.15, -0.1) is 0 Å². The SMILES string of the molecule is C/C(=N\O)NC(=O)[C@]12CCC(C)(C)C[C@@H]1C1C(=O)C=C3[C@@]4(C)C=C(C#N)C(=O)C(C)[C@@H]4CC[C@@]3(C)[C@]1(C)CC2. The topological polar surface area (TPSA) is 120 Å². The molecule has 1 amide bonds. The molecule has 7 heteroatoms. The van der Waals surface area contributed by atoms with Gasteiger partial charge in [-0.1, -0.05) is 58.3 Å². The molecule has 0 spiro atoms. The fourth-order valence-corrected chi connectivity index (χ4v) is 9.96. The number of ketones is 2. The van der Waals surface area contributed by atoms with E-state index in [1.165, 1.54) is 0 Å². The number of hydrogen-bond donors (Lipinski definition) is 2. The third kappa shape index (κ3) is 3.59. The molecule has 7 nitrogen and oxygen atoms in total. The molecule has 0 heterocycles. The molecule has 5 rings (SSSR count). The van der Waals surface area contributed by atoms with Gasteiger partial charge in [0, 0.05) is 17.3 Å². The van der Waals surface area contributed by atoms with Crippen LogP contribution in [0.25, 0.3) is 0 Å². The zero-order valence-electron chi connectivity index (χ0n) is 24.5. The zero-order valence-corrected chi connectivity index (χ0v) is 24.5. The summed E-state index contributed by atoms with van der Waals surface area (Å²) in [6.07, 6.45) is 9.26. The van der Waals surface area contributed by atoms with Crippen LogP contribution in [0.5, 0.6) is 0 Å². The maximum absolute atomic E-state index is 14.4. The van der Waals surface area contributed by atoms with Crippen LogP contribution in [0.2, 0.25) is 0 Å². The number of oxime groups is 1. The zero-order chi connectivity index (χ0) is 28.8. The summed E-state index contributed by atoms with van der Waals surface area (Å²) in [5.74, 6) is -0.621. The van der Waals surface area contributed by atoms with Gasteiger partial charge in [0.1, 0.15) is 11.9 Å². The Bertz CT molecular complexity index is 1290. The van der Waals surface area contributed by atoms with E-state index in [1.807, 2.05) is 19.1 Å². The van der Waals surface area contributed by atoms with E-state index in [9.17, 15) is 24.9 Å². The Morgan fingerprint density at radius 3 is 2.38 bits per heavy atom. The third-order valence-corrected chi connectivity index (χ3v) is 12.4. The Morgan fingerprint density at radius 2 is 1.74 bits per heavy atom. The van der Waals surface area contributed by atoms with E-state index in [0.29, 0.717) is 12.8 Å². The molecular weight excluding hydrogens is 490 g/mol. The minimum absolute atomic E-state index is 0.00518. The number of hydrogen-bond acceptors (Lipinski definition) is 6. The quantitative estimate of drug-likeness (QED) is 0.193. The summed E-state index contributed by atoms with van der Waals surface area (Å²) in [5.41, 5.74) is -0.620. The highest BCUT2D eigenvalue weighted by Gasteiger charge is 2.70. The van der Waals surface area contributed by atoms with Crippen LogP contribution >= 0.6 is 0 Å². The highest BCUT2D eigenvalue weighted by atomic mass is 16.4. The molecule has 0 bridgehead atoms. The largest absolute Gasteiger partial charge is 0.409 e. The van der Waals surface area contributed by atoms with Gasteiger partial charge in [-0.05, 0) is 86.0 Å². The first-order valence-corrected chi connectivity index (χ1v) is 14.5. The smallest absolute Gasteiger partial charge is 0.231 e. The fraction of sp³-hybridized carbons (Fsp3) is 0.719. The van der Waals surface area contributed by atoms with Crippen molar-refractivity contribution in [2.24, 2.45) is 55.9 Å². The predicted molar refractivity (Wildman–Crippen MR) is 147 cm³/mol. The number of fused-ring (bicyclic) bond motifs is 7. The monoisotopic (exact) mass is 533 g/mol. The molecule has 3 fully saturated rings. The van der Waals surface area contributed by atoms with Crippen molar-refractivity contribution in [3.05, 3.63) is 23.3 Å². The molecule has 5 aliphatic rings. The molecule has 0 aromatic carbocycles. The van der Waals surface area contributed by atoms with Crippen LogP contribution in [-0.4, -0.2) is 28.5 Å². The van der Waals surface area contributed by atoms with Crippen LogP contribution in [-0.2, 0) is 14.4 Å². The summed E-state index contributed by atoms with van der Waals surface area (Å²) in [6.45, 7) is 14.7. The van der Waals surface area contributed by atoms with Gasteiger partial charge >= 0.3 is 0 Å². The van der Waals surface area contributed by atoms with E-state index >= 15 is 0 Å². The lowest BCUT2D eigenvalue weighted by atomic mass is 9.34. The van der Waals surface area contributed by atoms with Crippen molar-refractivity contribution in [3.8, 4) is 6.07 Å². The minimum Gasteiger partial charge on any atom is -0.409 e. The fourth-order valence-electron chi connectivity index (χ4n) is 9.96. The maximum atomic E-state index is 14.4. The first kappa shape index (κ1) is 27.8. The van der Waals surface area contributed by atoms with Crippen molar-refractivity contribution in [1.29, 1.82) is 5.26 Å². The van der Waals surface area contributed by atoms with Gasteiger partial charge in [0.15, 0.2) is 11.6 Å². The summed E-state index contributed by atoms with van der Waals surface area (Å²) in [5, 5.41) is 25.1. The summed E-state index contributed by atoms with van der Waals surface area (Å²) in [6, 6.07) is 2.14. The number of Topliss-reactive ketones (excluding diaryl/α,β-unsaturated/α-hetero) is 1. The van der Waals surface area contributed by atoms with Crippen LogP contribution in [0.15, 0.2) is 28.5 Å². The van der Waals surface area contributed by atoms with E-state index in [1.54, 1.807) is 6.92 Å². The van der Waals surface area contributed by atoms with Crippen LogP contribution < -0.4 is 5.32 Å². The molecule has 0 aromatic heterocycles. The van der Waals surface area contributed by atoms with Crippen molar-refractivity contribution in [1.82, 2.24) is 5.32 Å². The van der Waals surface area contributed by atoms with Crippen LogP contribution in [0.3, 0.4) is 0 Å². The molecule has 2 N–H and O–H groups in total. The molecular formula is C32H43N3O4. The number of nitrogens with zero attached hydrogens (tertiary/aromatic N) is 2. The summed E-state index contributed by atoms with van der Waals surface area (Å²) in [7, 11) is 0. The summed E-state index contributed by atoms with van der Waals surface area (Å²) >= 11 is 0. The van der Waals surface area contributed by atoms with Crippen molar-refractivity contribution in [2.75, 3.05) is 0 Å². The number of carbonyl (C=O) groups excluding carboxylic acids is 3. The Labute approximate surface area is 232 Å². The number of amides is 1. The van der Waals surface area contributed by atoms with E-state index in [2.05, 4.69) is 51.2 Å². The Morgan fingerprint density at radius 1 is 1.08 bits per heavy atom. The molecule has 0 radical (unpaired) electrons. The number of nitrogens with one attached hydrogen (secondary N) is 1. The first-order chi connectivity index (χ1) is 18.1. The van der Waals surface area contributed by atoms with Crippen molar-refractivity contribution < 1.29 is 19.6 Å². The van der Waals surface area contributed by atoms with Crippen molar-refractivity contribution in [2.45, 2.75) is 93.4 Å². The molecule has 8 atom stereocenters. The lowest BCUT2D eigenvalue weighted by molar-refractivity contribution is -0.176. The second-order valence-corrected chi connectivity index (χ2v) is 14.7. The molecule has 0 aromatic rings. The maximum Gasteiger partial charge on any atom is 0.231 e.